The van der Waals surface area contributed by atoms with E-state index in [1.807, 2.05) is 24.3 Å². The summed E-state index contributed by atoms with van der Waals surface area (Å²) in [5.41, 5.74) is 1.09. The Balaban J connectivity index is 2.38. The Morgan fingerprint density at radius 1 is 1.29 bits per heavy atom. The Morgan fingerprint density at radius 2 is 1.88 bits per heavy atom. The van der Waals surface area contributed by atoms with Crippen molar-refractivity contribution in [1.82, 2.24) is 0 Å². The fourth-order valence-electron chi connectivity index (χ4n) is 2.33. The van der Waals surface area contributed by atoms with Gasteiger partial charge in [-0.25, -0.2) is 0 Å². The van der Waals surface area contributed by atoms with Crippen LogP contribution in [0.4, 0.5) is 0 Å². The highest BCUT2D eigenvalue weighted by molar-refractivity contribution is 6.32. The minimum atomic E-state index is -0.569. The molecule has 0 bridgehead atoms. The number of esters is 1. The molecule has 0 saturated carbocycles. The van der Waals surface area contributed by atoms with Crippen molar-refractivity contribution >= 4 is 19.3 Å². The first-order chi connectivity index (χ1) is 8.19. The van der Waals surface area contributed by atoms with Crippen LogP contribution in [0.1, 0.15) is 18.4 Å². The van der Waals surface area contributed by atoms with E-state index in [9.17, 15) is 4.79 Å². The van der Waals surface area contributed by atoms with Crippen molar-refractivity contribution in [3.05, 3.63) is 29.8 Å². The van der Waals surface area contributed by atoms with Gasteiger partial charge in [0.2, 0.25) is 0 Å². The van der Waals surface area contributed by atoms with Gasteiger partial charge < -0.3 is 9.47 Å². The molecule has 0 unspecified atom stereocenters. The fraction of sp³-hybridized carbons (Fsp3) is 0.462. The van der Waals surface area contributed by atoms with E-state index in [2.05, 4.69) is 0 Å². The van der Waals surface area contributed by atoms with Crippen molar-refractivity contribution in [3.8, 4) is 0 Å². The molecule has 4 heteroatoms. The van der Waals surface area contributed by atoms with Crippen molar-refractivity contribution < 1.29 is 14.3 Å². The lowest BCUT2D eigenvalue weighted by Gasteiger charge is -2.34. The van der Waals surface area contributed by atoms with E-state index in [1.165, 1.54) is 7.11 Å². The monoisotopic (exact) mass is 230 g/mol. The molecule has 0 N–H and O–H groups in total. The second-order valence-electron chi connectivity index (χ2n) is 4.31. The second kappa shape index (κ2) is 4.92. The molecule has 0 atom stereocenters. The molecule has 0 aromatic heterocycles. The Hall–Kier alpha value is -1.29. The van der Waals surface area contributed by atoms with Crippen LogP contribution in [0.15, 0.2) is 24.3 Å². The van der Waals surface area contributed by atoms with Gasteiger partial charge in [0.25, 0.3) is 0 Å². The minimum Gasteiger partial charge on any atom is -0.468 e. The van der Waals surface area contributed by atoms with Crippen LogP contribution in [0.3, 0.4) is 0 Å². The fourth-order valence-corrected chi connectivity index (χ4v) is 2.33. The highest BCUT2D eigenvalue weighted by atomic mass is 16.5. The summed E-state index contributed by atoms with van der Waals surface area (Å²) in [4.78, 5) is 12.1. The summed E-state index contributed by atoms with van der Waals surface area (Å²) >= 11 is 0. The summed E-state index contributed by atoms with van der Waals surface area (Å²) in [5, 5.41) is 0. The zero-order valence-electron chi connectivity index (χ0n) is 9.94. The molecular formula is C13H15BO3. The van der Waals surface area contributed by atoms with Crippen molar-refractivity contribution in [2.75, 3.05) is 20.3 Å². The second-order valence-corrected chi connectivity index (χ2v) is 4.31. The molecule has 0 spiro atoms. The predicted molar refractivity (Wildman–Crippen MR) is 65.6 cm³/mol. The number of hydrogen-bond donors (Lipinski definition) is 0. The number of carbonyl (C=O) groups excluding carboxylic acids is 1. The number of benzene rings is 1. The number of hydrogen-bond acceptors (Lipinski definition) is 3. The lowest BCUT2D eigenvalue weighted by molar-refractivity contribution is -0.151. The van der Waals surface area contributed by atoms with Crippen LogP contribution in [0.5, 0.6) is 0 Å². The summed E-state index contributed by atoms with van der Waals surface area (Å²) in [6.07, 6.45) is 1.31. The smallest absolute Gasteiger partial charge is 0.316 e. The average molecular weight is 230 g/mol. The van der Waals surface area contributed by atoms with E-state index < -0.39 is 5.41 Å². The van der Waals surface area contributed by atoms with Crippen LogP contribution in [-0.4, -0.2) is 34.1 Å². The topological polar surface area (TPSA) is 35.5 Å². The number of ether oxygens (including phenoxy) is 2. The van der Waals surface area contributed by atoms with Gasteiger partial charge in [-0.1, -0.05) is 29.7 Å². The van der Waals surface area contributed by atoms with Gasteiger partial charge in [0, 0.05) is 13.2 Å². The maximum atomic E-state index is 12.1. The quantitative estimate of drug-likeness (QED) is 0.554. The van der Waals surface area contributed by atoms with Gasteiger partial charge in [0.05, 0.1) is 12.5 Å². The van der Waals surface area contributed by atoms with Gasteiger partial charge in [-0.3, -0.25) is 4.79 Å². The molecule has 2 rings (SSSR count). The molecule has 1 aliphatic heterocycles. The Labute approximate surface area is 103 Å². The standard InChI is InChI=1S/C13H15BO3/c1-16-12(15)13(6-8-17-9-7-13)10-2-4-11(14)5-3-10/h2-5H,6-9H2,1H3. The molecule has 0 amide bonds. The maximum absolute atomic E-state index is 12.1. The van der Waals surface area contributed by atoms with E-state index in [4.69, 9.17) is 17.3 Å². The molecule has 17 heavy (non-hydrogen) atoms. The van der Waals surface area contributed by atoms with Crippen molar-refractivity contribution in [2.45, 2.75) is 18.3 Å². The third-order valence-electron chi connectivity index (χ3n) is 3.39. The van der Waals surface area contributed by atoms with E-state index in [1.54, 1.807) is 0 Å². The number of rotatable bonds is 2. The average Bonchev–Trinajstić information content (AvgIpc) is 2.39. The Morgan fingerprint density at radius 3 is 2.41 bits per heavy atom. The summed E-state index contributed by atoms with van der Waals surface area (Å²) in [5.74, 6) is -0.189. The highest BCUT2D eigenvalue weighted by Gasteiger charge is 2.42. The SMILES string of the molecule is [B]c1ccc(C2(C(=O)OC)CCOCC2)cc1. The summed E-state index contributed by atoms with van der Waals surface area (Å²) in [6.45, 7) is 1.17. The van der Waals surface area contributed by atoms with Crippen molar-refractivity contribution in [2.24, 2.45) is 0 Å². The summed E-state index contributed by atoms with van der Waals surface area (Å²) in [6, 6.07) is 7.43. The van der Waals surface area contributed by atoms with E-state index in [0.29, 0.717) is 31.5 Å². The highest BCUT2D eigenvalue weighted by Crippen LogP contribution is 2.35. The van der Waals surface area contributed by atoms with Crippen LogP contribution in [-0.2, 0) is 19.7 Å². The van der Waals surface area contributed by atoms with E-state index in [-0.39, 0.29) is 5.97 Å². The molecule has 88 valence electrons. The first-order valence-corrected chi connectivity index (χ1v) is 5.71. The maximum Gasteiger partial charge on any atom is 0.316 e. The molecule has 0 aliphatic carbocycles. The van der Waals surface area contributed by atoms with Gasteiger partial charge in [-0.05, 0) is 18.4 Å². The number of carbonyl (C=O) groups is 1. The van der Waals surface area contributed by atoms with Crippen molar-refractivity contribution in [1.29, 1.82) is 0 Å². The minimum absolute atomic E-state index is 0.189. The van der Waals surface area contributed by atoms with Crippen LogP contribution in [0.2, 0.25) is 0 Å². The van der Waals surface area contributed by atoms with Gasteiger partial charge >= 0.3 is 5.97 Å². The molecule has 2 radical (unpaired) electrons. The van der Waals surface area contributed by atoms with Crippen LogP contribution in [0.25, 0.3) is 0 Å². The molecule has 1 aromatic rings. The summed E-state index contributed by atoms with van der Waals surface area (Å²) in [7, 11) is 7.09. The molecule has 3 nitrogen and oxygen atoms in total. The molecule has 1 saturated heterocycles. The lowest BCUT2D eigenvalue weighted by Crippen LogP contribution is -2.42. The Bertz CT molecular complexity index is 394. The molecule has 1 fully saturated rings. The first-order valence-electron chi connectivity index (χ1n) is 5.71. The molecule has 1 heterocycles. The van der Waals surface area contributed by atoms with Crippen LogP contribution in [0, 0.1) is 0 Å². The summed E-state index contributed by atoms with van der Waals surface area (Å²) < 4.78 is 10.3. The number of methoxy groups -OCH3 is 1. The van der Waals surface area contributed by atoms with Crippen molar-refractivity contribution in [3.63, 3.8) is 0 Å². The molecular weight excluding hydrogens is 215 g/mol. The Kier molecular flexibility index (Phi) is 3.53. The zero-order chi connectivity index (χ0) is 12.3. The van der Waals surface area contributed by atoms with E-state index in [0.717, 1.165) is 5.56 Å². The largest absolute Gasteiger partial charge is 0.468 e. The third kappa shape index (κ3) is 2.22. The van der Waals surface area contributed by atoms with Crippen LogP contribution >= 0.6 is 0 Å². The van der Waals surface area contributed by atoms with E-state index >= 15 is 0 Å². The van der Waals surface area contributed by atoms with Gasteiger partial charge in [0.15, 0.2) is 0 Å². The molecule has 1 aromatic carbocycles. The first kappa shape index (κ1) is 12.2. The lowest BCUT2D eigenvalue weighted by atomic mass is 9.73. The molecule has 1 aliphatic rings. The third-order valence-corrected chi connectivity index (χ3v) is 3.39. The normalized spacial score (nSPS) is 18.6. The predicted octanol–water partition coefficient (Wildman–Crippen LogP) is 0.702. The van der Waals surface area contributed by atoms with Gasteiger partial charge in [-0.15, -0.1) is 0 Å². The van der Waals surface area contributed by atoms with Gasteiger partial charge in [-0.2, -0.15) is 0 Å². The zero-order valence-corrected chi connectivity index (χ0v) is 9.94. The van der Waals surface area contributed by atoms with Crippen LogP contribution < -0.4 is 5.46 Å². The van der Waals surface area contributed by atoms with Gasteiger partial charge in [0.1, 0.15) is 7.85 Å².